The van der Waals surface area contributed by atoms with Crippen LogP contribution in [0.15, 0.2) is 109 Å². The Morgan fingerprint density at radius 1 is 0.444 bits per heavy atom. The summed E-state index contributed by atoms with van der Waals surface area (Å²) < 4.78 is 2.22. The molecule has 0 N–H and O–H groups in total. The van der Waals surface area contributed by atoms with Crippen LogP contribution in [0, 0.1) is 24.4 Å². The van der Waals surface area contributed by atoms with Gasteiger partial charge in [0.1, 0.15) is 11.7 Å². The third-order valence-electron chi connectivity index (χ3n) is 10.9. The zero-order chi connectivity index (χ0) is 29.9. The van der Waals surface area contributed by atoms with E-state index >= 15 is 0 Å². The molecule has 7 heterocycles. The zero-order valence-corrected chi connectivity index (χ0v) is 28.0. The van der Waals surface area contributed by atoms with Crippen LogP contribution in [0.1, 0.15) is 89.4 Å². The van der Waals surface area contributed by atoms with E-state index in [-0.39, 0.29) is 20.1 Å². The van der Waals surface area contributed by atoms with E-state index in [0.29, 0.717) is 0 Å². The number of pyridine rings is 3. The molecule has 4 aliphatic heterocycles. The fraction of sp³-hybridized carbons (Fsp3) is 0.195. The molecule has 4 atom stereocenters. The number of rotatable bonds is 0. The Balaban J connectivity index is 0.00000300. The molecule has 4 unspecified atom stereocenters. The van der Waals surface area contributed by atoms with Gasteiger partial charge in [0.15, 0.2) is 0 Å². The predicted molar refractivity (Wildman–Crippen MR) is 168 cm³/mol. The number of hydrogen-bond acceptors (Lipinski definition) is 2. The van der Waals surface area contributed by atoms with Crippen LogP contribution in [-0.4, -0.2) is 9.97 Å². The second-order valence-electron chi connectivity index (χ2n) is 13.1. The fourth-order valence-corrected chi connectivity index (χ4v) is 7.75. The molecular weight excluding hydrogens is 727 g/mol. The van der Waals surface area contributed by atoms with Gasteiger partial charge in [-0.1, -0.05) is 28.8 Å². The van der Waals surface area contributed by atoms with E-state index in [2.05, 4.69) is 166 Å². The number of nitrogens with zero attached hydrogens (tertiary/aromatic N) is 3. The summed E-state index contributed by atoms with van der Waals surface area (Å²) in [5.41, 5.74) is 8.40. The van der Waals surface area contributed by atoms with Crippen molar-refractivity contribution in [3.05, 3.63) is 195 Å². The van der Waals surface area contributed by atoms with Gasteiger partial charge in [-0.15, -0.1) is 28.3 Å². The molecule has 3 nitrogen and oxygen atoms in total. The molecule has 10 rings (SSSR count). The van der Waals surface area contributed by atoms with E-state index in [1.807, 2.05) is 0 Å². The summed E-state index contributed by atoms with van der Waals surface area (Å²) in [6, 6.07) is 48.6. The fourth-order valence-electron chi connectivity index (χ4n) is 7.75. The summed E-state index contributed by atoms with van der Waals surface area (Å²) in [6.45, 7) is 9.08. The largest absolute Gasteiger partial charge is 0.301 e. The molecule has 0 aliphatic carbocycles. The first-order valence-corrected chi connectivity index (χ1v) is 15.3. The van der Waals surface area contributed by atoms with Crippen LogP contribution >= 0.6 is 0 Å². The van der Waals surface area contributed by atoms with E-state index < -0.39 is 21.8 Å². The molecule has 45 heavy (non-hydrogen) atoms. The minimum atomic E-state index is -0.681. The number of benzene rings is 3. The molecule has 221 valence electrons. The monoisotopic (exact) mass is 757 g/mol. The maximum atomic E-state index is 5.54. The Bertz CT molecular complexity index is 1650. The van der Waals surface area contributed by atoms with E-state index in [1.54, 1.807) is 0 Å². The minimum absolute atomic E-state index is 0. The number of hydrogen-bond donors (Lipinski definition) is 0. The van der Waals surface area contributed by atoms with E-state index in [1.165, 1.54) is 0 Å². The Labute approximate surface area is 278 Å². The van der Waals surface area contributed by atoms with Crippen molar-refractivity contribution in [3.8, 4) is 0 Å². The average molecular weight is 757 g/mol. The van der Waals surface area contributed by atoms with Crippen LogP contribution in [-0.2, 0) is 41.9 Å². The van der Waals surface area contributed by atoms with Crippen LogP contribution in [0.3, 0.4) is 0 Å². The van der Waals surface area contributed by atoms with Crippen LogP contribution in [0.4, 0.5) is 0 Å². The van der Waals surface area contributed by atoms with Crippen molar-refractivity contribution in [2.24, 2.45) is 0 Å². The van der Waals surface area contributed by atoms with Gasteiger partial charge in [0, 0.05) is 37.9 Å². The van der Waals surface area contributed by atoms with E-state index in [0.717, 1.165) is 61.7 Å². The molecule has 0 saturated heterocycles. The van der Waals surface area contributed by atoms with Gasteiger partial charge in [-0.3, -0.25) is 9.97 Å². The van der Waals surface area contributed by atoms with Gasteiger partial charge in [-0.05, 0) is 45.0 Å². The van der Waals surface area contributed by atoms with Crippen LogP contribution in [0.25, 0.3) is 0 Å². The van der Waals surface area contributed by atoms with Crippen molar-refractivity contribution in [1.29, 1.82) is 0 Å². The maximum Gasteiger partial charge on any atom is 0.149 e. The molecule has 0 amide bonds. The van der Waals surface area contributed by atoms with Crippen molar-refractivity contribution in [2.75, 3.05) is 0 Å². The SMILES string of the molecule is CC12c3[c-]c(ccc3)C3(C)c4[c-][n+](ccc4)C(C)(c4[c-]c1ccc4)c1[c-]c(ccc1)C(C)(c1cccc2n1)c1cccc3n1.[Ir]. The van der Waals surface area contributed by atoms with Gasteiger partial charge >= 0.3 is 0 Å². The minimum Gasteiger partial charge on any atom is -0.301 e. The summed E-state index contributed by atoms with van der Waals surface area (Å²) in [7, 11) is 0. The van der Waals surface area contributed by atoms with Gasteiger partial charge in [-0.25, -0.2) is 0 Å². The summed E-state index contributed by atoms with van der Waals surface area (Å²) in [4.78, 5) is 11.1. The van der Waals surface area contributed by atoms with Gasteiger partial charge in [0.05, 0.1) is 34.4 Å². The topological polar surface area (TPSA) is 29.7 Å². The van der Waals surface area contributed by atoms with Crippen molar-refractivity contribution in [2.45, 2.75) is 49.5 Å². The Hall–Kier alpha value is -4.24. The molecule has 16 bridgehead atoms. The van der Waals surface area contributed by atoms with Gasteiger partial charge in [-0.2, -0.15) is 78.9 Å². The molecule has 1 radical (unpaired) electrons. The second kappa shape index (κ2) is 9.39. The van der Waals surface area contributed by atoms with E-state index in [4.69, 9.17) is 9.97 Å². The van der Waals surface area contributed by atoms with Crippen LogP contribution in [0.2, 0.25) is 0 Å². The van der Waals surface area contributed by atoms with Crippen molar-refractivity contribution >= 4 is 0 Å². The summed E-state index contributed by atoms with van der Waals surface area (Å²) in [5.74, 6) is 0. The molecule has 3 aromatic carbocycles. The summed E-state index contributed by atoms with van der Waals surface area (Å²) >= 11 is 0. The third-order valence-corrected chi connectivity index (χ3v) is 10.9. The molecule has 6 aromatic rings. The molecule has 0 fully saturated rings. The summed E-state index contributed by atoms with van der Waals surface area (Å²) in [5, 5.41) is 0. The Morgan fingerprint density at radius 3 is 1.31 bits per heavy atom. The van der Waals surface area contributed by atoms with Crippen molar-refractivity contribution in [1.82, 2.24) is 9.97 Å². The zero-order valence-electron chi connectivity index (χ0n) is 25.6. The quantitative estimate of drug-likeness (QED) is 0.127. The summed E-state index contributed by atoms with van der Waals surface area (Å²) in [6.07, 6.45) is 6.00. The molecule has 3 aromatic heterocycles. The van der Waals surface area contributed by atoms with Crippen molar-refractivity contribution in [3.63, 3.8) is 0 Å². The molecule has 4 aliphatic rings. The number of aromatic nitrogens is 3. The Kier molecular flexibility index (Phi) is 5.89. The maximum absolute atomic E-state index is 5.54. The van der Waals surface area contributed by atoms with Gasteiger partial charge in [0.25, 0.3) is 0 Å². The predicted octanol–water partition coefficient (Wildman–Crippen LogP) is 6.78. The van der Waals surface area contributed by atoms with Crippen LogP contribution < -0.4 is 4.57 Å². The van der Waals surface area contributed by atoms with Gasteiger partial charge < -0.3 is 4.57 Å². The third kappa shape index (κ3) is 3.47. The first-order valence-electron chi connectivity index (χ1n) is 15.3. The van der Waals surface area contributed by atoms with Crippen molar-refractivity contribution < 1.29 is 24.7 Å². The molecule has 4 heteroatoms. The van der Waals surface area contributed by atoms with E-state index in [9.17, 15) is 0 Å². The molecule has 0 spiro atoms. The van der Waals surface area contributed by atoms with Gasteiger partial charge in [0.2, 0.25) is 0 Å². The Morgan fingerprint density at radius 2 is 0.800 bits per heavy atom. The van der Waals surface area contributed by atoms with Crippen LogP contribution in [0.5, 0.6) is 0 Å². The smallest absolute Gasteiger partial charge is 0.149 e. The molecular formula is C41H30IrN3-3. The standard InChI is InChI=1S/C41H30N3.Ir/c1-38-27-11-5-12-28(23-27)39(2)33-17-10-22-44(26-33)41(4,31-15-6-13-29(38)24-31)32-16-7-14-30(25-32)40(3,36-20-8-18-34(38)42-36)37-21-9-19-35(39)43-37;/h5-22H,1-4H3;/q-3;. The second-order valence-corrected chi connectivity index (χ2v) is 13.1. The first-order chi connectivity index (χ1) is 21.3. The normalized spacial score (nSPS) is 26.4. The first kappa shape index (κ1) is 28.2. The average Bonchev–Trinajstić information content (AvgIpc) is 3.09. The molecule has 0 saturated carbocycles.